The lowest BCUT2D eigenvalue weighted by molar-refractivity contribution is -0.136. The van der Waals surface area contributed by atoms with Gasteiger partial charge in [0.05, 0.1) is 26.9 Å². The van der Waals surface area contributed by atoms with Crippen molar-refractivity contribution in [2.75, 3.05) is 45.2 Å². The Bertz CT molecular complexity index is 1150. The van der Waals surface area contributed by atoms with Gasteiger partial charge in [0.2, 0.25) is 0 Å². The van der Waals surface area contributed by atoms with Gasteiger partial charge < -0.3 is 15.3 Å². The zero-order valence-corrected chi connectivity index (χ0v) is 19.7. The molecule has 184 valence electrons. The molecule has 5 rings (SSSR count). The van der Waals surface area contributed by atoms with Gasteiger partial charge in [-0.3, -0.25) is 14.6 Å². The van der Waals surface area contributed by atoms with Gasteiger partial charge in [0.15, 0.2) is 0 Å². The summed E-state index contributed by atoms with van der Waals surface area (Å²) in [4.78, 5) is 34.2. The molecule has 2 N–H and O–H groups in total. The van der Waals surface area contributed by atoms with E-state index in [9.17, 15) is 27.9 Å². The van der Waals surface area contributed by atoms with Crippen LogP contribution in [0.5, 0.6) is 0 Å². The summed E-state index contributed by atoms with van der Waals surface area (Å²) in [6, 6.07) is 1.27. The van der Waals surface area contributed by atoms with Crippen molar-refractivity contribution in [1.29, 1.82) is 0 Å². The van der Waals surface area contributed by atoms with Crippen LogP contribution in [0.25, 0.3) is 10.2 Å². The van der Waals surface area contributed by atoms with Crippen LogP contribution in [0.2, 0.25) is 0 Å². The van der Waals surface area contributed by atoms with Gasteiger partial charge in [0.25, 0.3) is 5.91 Å². The number of pyridine rings is 1. The number of piperazine rings is 1. The predicted molar refractivity (Wildman–Crippen MR) is 121 cm³/mol. The molecule has 1 aliphatic carbocycles. The van der Waals surface area contributed by atoms with Crippen molar-refractivity contribution in [1.82, 2.24) is 20.1 Å². The molecule has 2 aliphatic heterocycles. The number of likely N-dealkylation sites (N-methyl/N-ethyl adjacent to an activating group) is 1. The number of amides is 2. The van der Waals surface area contributed by atoms with E-state index in [1.54, 1.807) is 4.90 Å². The third-order valence-electron chi connectivity index (χ3n) is 7.69. The van der Waals surface area contributed by atoms with Crippen molar-refractivity contribution in [3.8, 4) is 0 Å². The number of thiophene rings is 1. The van der Waals surface area contributed by atoms with Crippen molar-refractivity contribution in [2.24, 2.45) is 5.92 Å². The topological polar surface area (TPSA) is 89.0 Å². The number of carbonyl (C=O) groups is 2. The number of hydrogen-bond donors (Lipinski definition) is 2. The van der Waals surface area contributed by atoms with Crippen molar-refractivity contribution in [3.05, 3.63) is 22.6 Å². The van der Waals surface area contributed by atoms with Gasteiger partial charge in [-0.15, -0.1) is 11.3 Å². The van der Waals surface area contributed by atoms with E-state index in [4.69, 9.17) is 0 Å². The lowest BCUT2D eigenvalue weighted by atomic mass is 9.84. The van der Waals surface area contributed by atoms with E-state index in [1.807, 2.05) is 11.9 Å². The Labute approximate surface area is 198 Å². The molecule has 2 amide bonds. The van der Waals surface area contributed by atoms with E-state index < -0.39 is 29.3 Å². The second-order valence-electron chi connectivity index (χ2n) is 9.32. The van der Waals surface area contributed by atoms with Crippen LogP contribution in [-0.4, -0.2) is 83.7 Å². The van der Waals surface area contributed by atoms with Gasteiger partial charge in [-0.2, -0.15) is 13.2 Å². The fourth-order valence-electron chi connectivity index (χ4n) is 5.90. The number of halogens is 3. The van der Waals surface area contributed by atoms with E-state index in [0.29, 0.717) is 39.0 Å². The summed E-state index contributed by atoms with van der Waals surface area (Å²) in [6.07, 6.45) is -3.34. The minimum atomic E-state index is -4.58. The lowest BCUT2D eigenvalue weighted by Crippen LogP contribution is -2.58. The first-order valence-corrected chi connectivity index (χ1v) is 12.1. The fourth-order valence-corrected chi connectivity index (χ4v) is 6.93. The van der Waals surface area contributed by atoms with Gasteiger partial charge in [-0.1, -0.05) is 0 Å². The average molecular weight is 498 g/mol. The largest absolute Gasteiger partial charge is 0.465 e. The molecule has 0 spiro atoms. The maximum atomic E-state index is 13.9. The molecular weight excluding hydrogens is 471 g/mol. The van der Waals surface area contributed by atoms with Crippen molar-refractivity contribution >= 4 is 39.4 Å². The SMILES string of the molecule is CNC(=O)c1csc2c(C(F)(F)F)cc(N3CCC([C@@]45C[C@H]4N(C)CCN5C(=O)O)CC3)nc12. The molecule has 2 atom stereocenters. The Hall–Kier alpha value is -2.60. The molecule has 3 fully saturated rings. The Balaban J connectivity index is 1.43. The highest BCUT2D eigenvalue weighted by atomic mass is 32.1. The van der Waals surface area contributed by atoms with Crippen LogP contribution in [0.3, 0.4) is 0 Å². The van der Waals surface area contributed by atoms with E-state index >= 15 is 0 Å². The number of rotatable bonds is 3. The number of alkyl halides is 3. The second-order valence-corrected chi connectivity index (χ2v) is 10.2. The van der Waals surface area contributed by atoms with Crippen LogP contribution in [-0.2, 0) is 6.18 Å². The van der Waals surface area contributed by atoms with E-state index in [0.717, 1.165) is 23.8 Å². The summed E-state index contributed by atoms with van der Waals surface area (Å²) >= 11 is 0.866. The summed E-state index contributed by atoms with van der Waals surface area (Å²) in [6.45, 7) is 2.13. The van der Waals surface area contributed by atoms with Gasteiger partial charge in [0, 0.05) is 44.6 Å². The third-order valence-corrected chi connectivity index (χ3v) is 8.69. The van der Waals surface area contributed by atoms with Crippen LogP contribution in [0.15, 0.2) is 11.4 Å². The number of aromatic nitrogens is 1. The summed E-state index contributed by atoms with van der Waals surface area (Å²) in [5, 5.41) is 13.6. The minimum Gasteiger partial charge on any atom is -0.465 e. The second kappa shape index (κ2) is 7.98. The predicted octanol–water partition coefficient (Wildman–Crippen LogP) is 3.33. The first-order chi connectivity index (χ1) is 16.1. The number of piperidine rings is 1. The molecule has 3 aliphatic rings. The Morgan fingerprint density at radius 3 is 2.56 bits per heavy atom. The van der Waals surface area contributed by atoms with E-state index in [2.05, 4.69) is 15.2 Å². The third kappa shape index (κ3) is 3.49. The normalized spacial score (nSPS) is 26.0. The summed E-state index contributed by atoms with van der Waals surface area (Å²) in [5.41, 5.74) is -1.00. The number of nitrogens with zero attached hydrogens (tertiary/aromatic N) is 4. The number of fused-ring (bicyclic) bond motifs is 2. The number of nitrogens with one attached hydrogen (secondary N) is 1. The first kappa shape index (κ1) is 23.2. The van der Waals surface area contributed by atoms with E-state index in [-0.39, 0.29) is 33.6 Å². The van der Waals surface area contributed by atoms with Crippen LogP contribution in [0.1, 0.15) is 35.2 Å². The summed E-state index contributed by atoms with van der Waals surface area (Å²) in [7, 11) is 3.45. The minimum absolute atomic E-state index is 0.0493. The molecule has 0 bridgehead atoms. The zero-order chi connectivity index (χ0) is 24.4. The molecule has 0 radical (unpaired) electrons. The standard InChI is InChI=1S/C22H26F3N5O3S/c1-26-19(31)13-11-34-18-14(22(23,24)25)9-16(27-17(13)18)29-5-3-12(4-6-29)21-10-15(21)28(2)7-8-30(21)20(32)33/h9,11-12,15H,3-8,10H2,1-2H3,(H,26,31)(H,32,33)/t15-,21+/m1/s1. The molecular formula is C22H26F3N5O3S. The smallest absolute Gasteiger partial charge is 0.417 e. The molecule has 1 saturated carbocycles. The van der Waals surface area contributed by atoms with Gasteiger partial charge in [0.1, 0.15) is 5.82 Å². The van der Waals surface area contributed by atoms with Crippen molar-refractivity contribution < 1.29 is 27.9 Å². The molecule has 12 heteroatoms. The van der Waals surface area contributed by atoms with Crippen LogP contribution in [0.4, 0.5) is 23.8 Å². The molecule has 4 heterocycles. The van der Waals surface area contributed by atoms with E-state index in [1.165, 1.54) is 12.4 Å². The molecule has 0 aromatic carbocycles. The van der Waals surface area contributed by atoms with Crippen LogP contribution in [0, 0.1) is 5.92 Å². The number of carboxylic acid groups (broad SMARTS) is 1. The van der Waals surface area contributed by atoms with Gasteiger partial charge in [-0.05, 0) is 38.3 Å². The molecule has 2 aromatic heterocycles. The highest BCUT2D eigenvalue weighted by Crippen LogP contribution is 2.55. The quantitative estimate of drug-likeness (QED) is 0.677. The maximum Gasteiger partial charge on any atom is 0.417 e. The van der Waals surface area contributed by atoms with Crippen LogP contribution < -0.4 is 10.2 Å². The van der Waals surface area contributed by atoms with Crippen molar-refractivity contribution in [2.45, 2.75) is 37.0 Å². The molecule has 34 heavy (non-hydrogen) atoms. The summed E-state index contributed by atoms with van der Waals surface area (Å²) < 4.78 is 41.6. The Kier molecular flexibility index (Phi) is 5.43. The summed E-state index contributed by atoms with van der Waals surface area (Å²) in [5.74, 6) is -0.139. The molecule has 2 aromatic rings. The monoisotopic (exact) mass is 497 g/mol. The Morgan fingerprint density at radius 1 is 1.24 bits per heavy atom. The first-order valence-electron chi connectivity index (χ1n) is 11.2. The zero-order valence-electron chi connectivity index (χ0n) is 18.9. The molecule has 0 unspecified atom stereocenters. The average Bonchev–Trinajstić information content (AvgIpc) is 3.43. The number of carbonyl (C=O) groups excluding carboxylic acids is 1. The molecule has 8 nitrogen and oxygen atoms in total. The molecule has 2 saturated heterocycles. The highest BCUT2D eigenvalue weighted by Gasteiger charge is 2.67. The Morgan fingerprint density at radius 2 is 1.94 bits per heavy atom. The number of anilines is 1. The van der Waals surface area contributed by atoms with Crippen LogP contribution >= 0.6 is 11.3 Å². The van der Waals surface area contributed by atoms with Gasteiger partial charge in [-0.25, -0.2) is 9.78 Å². The van der Waals surface area contributed by atoms with Crippen molar-refractivity contribution in [3.63, 3.8) is 0 Å². The fraction of sp³-hybridized carbons (Fsp3) is 0.591. The van der Waals surface area contributed by atoms with Gasteiger partial charge >= 0.3 is 12.3 Å². The number of hydrogen-bond acceptors (Lipinski definition) is 6. The maximum absolute atomic E-state index is 13.9. The highest BCUT2D eigenvalue weighted by molar-refractivity contribution is 7.17. The lowest BCUT2D eigenvalue weighted by Gasteiger charge is -2.45.